The number of thiophene rings is 1. The van der Waals surface area contributed by atoms with E-state index in [9.17, 15) is 4.79 Å². The molecule has 1 aliphatic rings. The fraction of sp³-hybridized carbons (Fsp3) is 0.267. The normalized spacial score (nSPS) is 17.5. The molecule has 8 heteroatoms. The summed E-state index contributed by atoms with van der Waals surface area (Å²) in [5.41, 5.74) is 2.31. The molecule has 0 radical (unpaired) electrons. The molecule has 0 N–H and O–H groups in total. The topological polar surface area (TPSA) is 50.5 Å². The van der Waals surface area contributed by atoms with E-state index in [1.807, 2.05) is 17.9 Å². The number of nitrogens with zero attached hydrogens (tertiary/aromatic N) is 4. The lowest BCUT2D eigenvalue weighted by Gasteiger charge is -2.32. The summed E-state index contributed by atoms with van der Waals surface area (Å²) in [6, 6.07) is 3.73. The second-order valence-electron chi connectivity index (χ2n) is 5.47. The monoisotopic (exact) mass is 410 g/mol. The van der Waals surface area contributed by atoms with Crippen molar-refractivity contribution in [1.29, 1.82) is 0 Å². The van der Waals surface area contributed by atoms with Gasteiger partial charge in [0.2, 0.25) is 0 Å². The van der Waals surface area contributed by atoms with Crippen LogP contribution in [0.5, 0.6) is 0 Å². The molecule has 0 fully saturated rings. The Morgan fingerprint density at radius 3 is 3.13 bits per heavy atom. The first-order valence-electron chi connectivity index (χ1n) is 7.13. The van der Waals surface area contributed by atoms with Crippen LogP contribution in [0.3, 0.4) is 0 Å². The first-order valence-corrected chi connectivity index (χ1v) is 9.11. The van der Waals surface area contributed by atoms with Crippen LogP contribution >= 0.6 is 38.9 Å². The Hall–Kier alpha value is -1.44. The van der Waals surface area contributed by atoms with Crippen LogP contribution < -0.4 is 0 Å². The van der Waals surface area contributed by atoms with E-state index in [4.69, 9.17) is 11.6 Å². The van der Waals surface area contributed by atoms with Crippen molar-refractivity contribution in [3.63, 3.8) is 0 Å². The third-order valence-electron chi connectivity index (χ3n) is 4.04. The van der Waals surface area contributed by atoms with Crippen molar-refractivity contribution >= 4 is 50.4 Å². The molecule has 1 aliphatic heterocycles. The molecule has 4 heterocycles. The van der Waals surface area contributed by atoms with E-state index in [1.54, 1.807) is 34.3 Å². The van der Waals surface area contributed by atoms with Gasteiger partial charge in [0, 0.05) is 29.9 Å². The minimum atomic E-state index is -0.0747. The number of carbonyl (C=O) groups excluding carboxylic acids is 1. The number of fused-ring (bicyclic) bond motifs is 2. The summed E-state index contributed by atoms with van der Waals surface area (Å²) in [5, 5.41) is 4.35. The predicted molar refractivity (Wildman–Crippen MR) is 93.2 cm³/mol. The zero-order chi connectivity index (χ0) is 16.1. The Balaban J connectivity index is 1.68. The molecule has 3 aromatic heterocycles. The van der Waals surface area contributed by atoms with Crippen LogP contribution in [0.1, 0.15) is 33.9 Å². The standard InChI is InChI=1S/C15H12BrClN4OS/c1-8-14-9(4-12(17)23-14)2-3-20(8)15(22)11-5-13-18-6-10(16)7-21(13)19-11/h4-8H,2-3H2,1H3. The van der Waals surface area contributed by atoms with E-state index >= 15 is 0 Å². The summed E-state index contributed by atoms with van der Waals surface area (Å²) in [6.07, 6.45) is 4.30. The zero-order valence-corrected chi connectivity index (χ0v) is 15.3. The zero-order valence-electron chi connectivity index (χ0n) is 12.2. The van der Waals surface area contributed by atoms with Gasteiger partial charge < -0.3 is 4.90 Å². The highest BCUT2D eigenvalue weighted by atomic mass is 79.9. The molecule has 0 aromatic carbocycles. The van der Waals surface area contributed by atoms with E-state index < -0.39 is 0 Å². The first-order chi connectivity index (χ1) is 11.0. The van der Waals surface area contributed by atoms with Gasteiger partial charge in [-0.15, -0.1) is 11.3 Å². The summed E-state index contributed by atoms with van der Waals surface area (Å²) in [6.45, 7) is 2.71. The Morgan fingerprint density at radius 1 is 1.48 bits per heavy atom. The largest absolute Gasteiger partial charge is 0.329 e. The van der Waals surface area contributed by atoms with Crippen molar-refractivity contribution in [2.75, 3.05) is 6.54 Å². The van der Waals surface area contributed by atoms with Gasteiger partial charge in [0.05, 0.1) is 14.9 Å². The van der Waals surface area contributed by atoms with Crippen LogP contribution in [-0.2, 0) is 6.42 Å². The Bertz CT molecular complexity index is 921. The molecule has 5 nitrogen and oxygen atoms in total. The lowest BCUT2D eigenvalue weighted by Crippen LogP contribution is -2.38. The molecule has 1 atom stereocenters. The molecule has 23 heavy (non-hydrogen) atoms. The fourth-order valence-corrected chi connectivity index (χ4v) is 4.59. The number of aromatic nitrogens is 3. The third kappa shape index (κ3) is 2.56. The highest BCUT2D eigenvalue weighted by Gasteiger charge is 2.31. The van der Waals surface area contributed by atoms with Crippen LogP contribution in [-0.4, -0.2) is 31.9 Å². The van der Waals surface area contributed by atoms with Crippen molar-refractivity contribution in [1.82, 2.24) is 19.5 Å². The van der Waals surface area contributed by atoms with Gasteiger partial charge in [-0.1, -0.05) is 11.6 Å². The van der Waals surface area contributed by atoms with Crippen LogP contribution in [0.15, 0.2) is 29.0 Å². The Morgan fingerprint density at radius 2 is 2.30 bits per heavy atom. The second-order valence-corrected chi connectivity index (χ2v) is 8.10. The van der Waals surface area contributed by atoms with Crippen LogP contribution in [0, 0.1) is 0 Å². The second kappa shape index (κ2) is 5.58. The molecule has 3 aromatic rings. The number of halogens is 2. The van der Waals surface area contributed by atoms with Crippen molar-refractivity contribution in [3.8, 4) is 0 Å². The summed E-state index contributed by atoms with van der Waals surface area (Å²) in [7, 11) is 0. The van der Waals surface area contributed by atoms with Crippen molar-refractivity contribution in [3.05, 3.63) is 49.5 Å². The minimum absolute atomic E-state index is 0.00765. The van der Waals surface area contributed by atoms with Crippen LogP contribution in [0.2, 0.25) is 4.34 Å². The van der Waals surface area contributed by atoms with Gasteiger partial charge in [-0.2, -0.15) is 5.10 Å². The Kier molecular flexibility index (Phi) is 3.66. The maximum atomic E-state index is 12.9. The van der Waals surface area contributed by atoms with Crippen molar-refractivity contribution < 1.29 is 4.79 Å². The van der Waals surface area contributed by atoms with Gasteiger partial charge in [0.1, 0.15) is 0 Å². The summed E-state index contributed by atoms with van der Waals surface area (Å²) < 4.78 is 3.20. The summed E-state index contributed by atoms with van der Waals surface area (Å²) >= 11 is 11.0. The maximum Gasteiger partial charge on any atom is 0.274 e. The van der Waals surface area contributed by atoms with Gasteiger partial charge in [-0.3, -0.25) is 4.79 Å². The van der Waals surface area contributed by atoms with Crippen LogP contribution in [0.25, 0.3) is 5.65 Å². The quantitative estimate of drug-likeness (QED) is 0.609. The van der Waals surface area contributed by atoms with Crippen molar-refractivity contribution in [2.45, 2.75) is 19.4 Å². The predicted octanol–water partition coefficient (Wildman–Crippen LogP) is 3.97. The van der Waals surface area contributed by atoms with Gasteiger partial charge in [0.15, 0.2) is 11.3 Å². The van der Waals surface area contributed by atoms with Gasteiger partial charge in [0.25, 0.3) is 5.91 Å². The average molecular weight is 412 g/mol. The van der Waals surface area contributed by atoms with E-state index in [-0.39, 0.29) is 11.9 Å². The average Bonchev–Trinajstić information content (AvgIpc) is 3.09. The number of hydrogen-bond acceptors (Lipinski definition) is 4. The number of carbonyl (C=O) groups is 1. The SMILES string of the molecule is CC1c2sc(Cl)cc2CCN1C(=O)c1cc2ncc(Br)cn2n1. The maximum absolute atomic E-state index is 12.9. The van der Waals surface area contributed by atoms with Gasteiger partial charge in [-0.25, -0.2) is 9.50 Å². The van der Waals surface area contributed by atoms with Crippen molar-refractivity contribution in [2.24, 2.45) is 0 Å². The lowest BCUT2D eigenvalue weighted by molar-refractivity contribution is 0.0675. The molecule has 0 aliphatic carbocycles. The van der Waals surface area contributed by atoms with Crippen LogP contribution in [0.4, 0.5) is 0 Å². The minimum Gasteiger partial charge on any atom is -0.329 e. The molecule has 0 saturated carbocycles. The highest BCUT2D eigenvalue weighted by Crippen LogP contribution is 2.38. The van der Waals surface area contributed by atoms with E-state index in [1.165, 1.54) is 10.4 Å². The molecule has 1 amide bonds. The third-order valence-corrected chi connectivity index (χ3v) is 5.93. The Labute approximate surface area is 150 Å². The molecule has 118 valence electrons. The lowest BCUT2D eigenvalue weighted by atomic mass is 10.0. The number of rotatable bonds is 1. The van der Waals surface area contributed by atoms with E-state index in [2.05, 4.69) is 26.0 Å². The molecule has 0 saturated heterocycles. The number of amides is 1. The molecule has 1 unspecified atom stereocenters. The highest BCUT2D eigenvalue weighted by molar-refractivity contribution is 9.10. The fourth-order valence-electron chi connectivity index (χ4n) is 2.92. The van der Waals surface area contributed by atoms with Gasteiger partial charge in [-0.05, 0) is 40.9 Å². The molecule has 0 spiro atoms. The summed E-state index contributed by atoms with van der Waals surface area (Å²) in [5.74, 6) is -0.0747. The molecular weight excluding hydrogens is 400 g/mol. The first kappa shape index (κ1) is 15.1. The molecule has 4 rings (SSSR count). The molecule has 0 bridgehead atoms. The van der Waals surface area contributed by atoms with E-state index in [0.29, 0.717) is 17.9 Å². The van der Waals surface area contributed by atoms with E-state index in [0.717, 1.165) is 15.2 Å². The summed E-state index contributed by atoms with van der Waals surface area (Å²) in [4.78, 5) is 20.1. The van der Waals surface area contributed by atoms with Gasteiger partial charge >= 0.3 is 0 Å². The number of hydrogen-bond donors (Lipinski definition) is 0. The smallest absolute Gasteiger partial charge is 0.274 e. The molecular formula is C15H12BrClN4OS.